The molecule has 1 atom stereocenters. The second kappa shape index (κ2) is 8.03. The van der Waals surface area contributed by atoms with Crippen LogP contribution >= 0.6 is 12.4 Å². The van der Waals surface area contributed by atoms with Gasteiger partial charge in [0.1, 0.15) is 0 Å². The van der Waals surface area contributed by atoms with E-state index in [4.69, 9.17) is 5.73 Å². The minimum atomic E-state index is -3.67. The fraction of sp³-hybridized carbons (Fsp3) is 0.588. The number of hydrogen-bond acceptors (Lipinski definition) is 4. The molecule has 1 unspecified atom stereocenters. The molecule has 8 heteroatoms. The van der Waals surface area contributed by atoms with Crippen molar-refractivity contribution < 1.29 is 13.2 Å². The van der Waals surface area contributed by atoms with Gasteiger partial charge >= 0.3 is 0 Å². The van der Waals surface area contributed by atoms with Crippen LogP contribution in [0.4, 0.5) is 5.69 Å². The van der Waals surface area contributed by atoms with E-state index in [2.05, 4.69) is 4.72 Å². The topological polar surface area (TPSA) is 92.5 Å². The van der Waals surface area contributed by atoms with E-state index < -0.39 is 15.6 Å². The number of nitrogens with two attached hydrogens (primary N) is 1. The first kappa shape index (κ1) is 21.9. The van der Waals surface area contributed by atoms with Crippen molar-refractivity contribution in [1.29, 1.82) is 0 Å². The lowest BCUT2D eigenvalue weighted by Gasteiger charge is -2.30. The molecule has 6 nitrogen and oxygen atoms in total. The molecule has 2 rings (SSSR count). The molecule has 1 amide bonds. The van der Waals surface area contributed by atoms with Gasteiger partial charge in [-0.05, 0) is 49.4 Å². The van der Waals surface area contributed by atoms with Crippen LogP contribution < -0.4 is 15.4 Å². The second-order valence-corrected chi connectivity index (χ2v) is 8.86. The van der Waals surface area contributed by atoms with Crippen LogP contribution in [0.15, 0.2) is 23.1 Å². The van der Waals surface area contributed by atoms with E-state index in [9.17, 15) is 13.2 Å². The average molecular weight is 390 g/mol. The SMILES string of the molecule is CC(=O)N1CCc2cc(S(=O)(=O)NC(C)(CN)CC(C)C)ccc21.Cl. The molecular formula is C17H28ClN3O3S. The maximum Gasteiger partial charge on any atom is 0.241 e. The van der Waals surface area contributed by atoms with Crippen LogP contribution in [0.25, 0.3) is 0 Å². The van der Waals surface area contributed by atoms with Gasteiger partial charge in [0, 0.05) is 31.2 Å². The number of nitrogens with one attached hydrogen (secondary N) is 1. The van der Waals surface area contributed by atoms with Gasteiger partial charge in [-0.2, -0.15) is 0 Å². The number of sulfonamides is 1. The summed E-state index contributed by atoms with van der Waals surface area (Å²) in [5.74, 6) is 0.292. The molecule has 0 saturated carbocycles. The zero-order valence-electron chi connectivity index (χ0n) is 15.2. The van der Waals surface area contributed by atoms with E-state index in [-0.39, 0.29) is 29.8 Å². The molecule has 1 aliphatic rings. The van der Waals surface area contributed by atoms with Gasteiger partial charge in [-0.1, -0.05) is 13.8 Å². The van der Waals surface area contributed by atoms with Crippen molar-refractivity contribution in [3.8, 4) is 0 Å². The molecule has 0 aliphatic carbocycles. The van der Waals surface area contributed by atoms with Gasteiger partial charge in [0.15, 0.2) is 0 Å². The lowest BCUT2D eigenvalue weighted by Crippen LogP contribution is -2.51. The van der Waals surface area contributed by atoms with Crippen molar-refractivity contribution in [2.24, 2.45) is 11.7 Å². The van der Waals surface area contributed by atoms with Crippen LogP contribution in [0.3, 0.4) is 0 Å². The van der Waals surface area contributed by atoms with Gasteiger partial charge in [-0.25, -0.2) is 13.1 Å². The van der Waals surface area contributed by atoms with Crippen molar-refractivity contribution in [1.82, 2.24) is 4.72 Å². The normalized spacial score (nSPS) is 16.3. The van der Waals surface area contributed by atoms with E-state index in [0.29, 0.717) is 25.3 Å². The fourth-order valence-electron chi connectivity index (χ4n) is 3.32. The summed E-state index contributed by atoms with van der Waals surface area (Å²) in [5, 5.41) is 0. The monoisotopic (exact) mass is 389 g/mol. The highest BCUT2D eigenvalue weighted by atomic mass is 35.5. The molecule has 25 heavy (non-hydrogen) atoms. The fourth-order valence-corrected chi connectivity index (χ4v) is 4.80. The van der Waals surface area contributed by atoms with E-state index >= 15 is 0 Å². The van der Waals surface area contributed by atoms with E-state index in [1.54, 1.807) is 23.1 Å². The maximum absolute atomic E-state index is 12.8. The molecule has 1 aliphatic heterocycles. The van der Waals surface area contributed by atoms with Crippen LogP contribution in [0.1, 0.15) is 39.7 Å². The number of carbonyl (C=O) groups is 1. The standard InChI is InChI=1S/C17H27N3O3S.ClH/c1-12(2)10-17(4,11-18)19-24(22,23)15-5-6-16-14(9-15)7-8-20(16)13(3)21;/h5-6,9,12,19H,7-8,10-11,18H2,1-4H3;1H. The molecule has 3 N–H and O–H groups in total. The molecule has 0 bridgehead atoms. The van der Waals surface area contributed by atoms with Gasteiger partial charge in [-0.3, -0.25) is 4.79 Å². The Hall–Kier alpha value is -1.15. The zero-order chi connectivity index (χ0) is 18.1. The van der Waals surface area contributed by atoms with E-state index in [1.165, 1.54) is 6.92 Å². The summed E-state index contributed by atoms with van der Waals surface area (Å²) in [5.41, 5.74) is 6.81. The quantitative estimate of drug-likeness (QED) is 0.778. The highest BCUT2D eigenvalue weighted by Crippen LogP contribution is 2.30. The molecule has 1 aromatic carbocycles. The first-order valence-corrected chi connectivity index (χ1v) is 9.71. The molecule has 0 aromatic heterocycles. The third-order valence-corrected chi connectivity index (χ3v) is 5.96. The Labute approximate surface area is 156 Å². The minimum absolute atomic E-state index is 0. The second-order valence-electron chi connectivity index (χ2n) is 7.18. The number of halogens is 1. The summed E-state index contributed by atoms with van der Waals surface area (Å²) < 4.78 is 28.3. The number of fused-ring (bicyclic) bond motifs is 1. The van der Waals surface area contributed by atoms with Gasteiger partial charge in [-0.15, -0.1) is 12.4 Å². The van der Waals surface area contributed by atoms with Gasteiger partial charge in [0.05, 0.1) is 4.90 Å². The Balaban J connectivity index is 0.00000312. The summed E-state index contributed by atoms with van der Waals surface area (Å²) in [4.78, 5) is 13.5. The summed E-state index contributed by atoms with van der Waals surface area (Å²) in [6.07, 6.45) is 1.32. The van der Waals surface area contributed by atoms with Crippen molar-refractivity contribution in [3.63, 3.8) is 0 Å². The van der Waals surface area contributed by atoms with E-state index in [1.807, 2.05) is 20.8 Å². The van der Waals surface area contributed by atoms with Crippen LogP contribution in [0.2, 0.25) is 0 Å². The molecule has 0 saturated heterocycles. The molecule has 1 heterocycles. The van der Waals surface area contributed by atoms with Crippen LogP contribution in [-0.2, 0) is 21.2 Å². The average Bonchev–Trinajstić information content (AvgIpc) is 2.88. The minimum Gasteiger partial charge on any atom is -0.329 e. The predicted octanol–water partition coefficient (Wildman–Crippen LogP) is 2.06. The number of anilines is 1. The smallest absolute Gasteiger partial charge is 0.241 e. The molecule has 1 aromatic rings. The summed E-state index contributed by atoms with van der Waals surface area (Å²) in [7, 11) is -3.67. The maximum atomic E-state index is 12.8. The van der Waals surface area contributed by atoms with Gasteiger partial charge < -0.3 is 10.6 Å². The Bertz CT molecular complexity index is 737. The van der Waals surface area contributed by atoms with Crippen molar-refractivity contribution >= 4 is 34.0 Å². The van der Waals surface area contributed by atoms with Crippen LogP contribution in [-0.4, -0.2) is 33.0 Å². The van der Waals surface area contributed by atoms with Crippen LogP contribution in [0.5, 0.6) is 0 Å². The molecule has 0 spiro atoms. The number of nitrogens with zero attached hydrogens (tertiary/aromatic N) is 1. The highest BCUT2D eigenvalue weighted by molar-refractivity contribution is 7.89. The lowest BCUT2D eigenvalue weighted by molar-refractivity contribution is -0.116. The lowest BCUT2D eigenvalue weighted by atomic mass is 9.92. The Morgan fingerprint density at radius 3 is 2.56 bits per heavy atom. The van der Waals surface area contributed by atoms with Crippen molar-refractivity contribution in [2.75, 3.05) is 18.0 Å². The third kappa shape index (κ3) is 4.94. The first-order valence-electron chi connectivity index (χ1n) is 8.23. The highest BCUT2D eigenvalue weighted by Gasteiger charge is 2.31. The Morgan fingerprint density at radius 2 is 2.04 bits per heavy atom. The van der Waals surface area contributed by atoms with Crippen molar-refractivity contribution in [2.45, 2.75) is 51.0 Å². The summed E-state index contributed by atoms with van der Waals surface area (Å²) >= 11 is 0. The Morgan fingerprint density at radius 1 is 1.40 bits per heavy atom. The predicted molar refractivity (Wildman–Crippen MR) is 103 cm³/mol. The van der Waals surface area contributed by atoms with Crippen LogP contribution in [0, 0.1) is 5.92 Å². The van der Waals surface area contributed by atoms with Crippen molar-refractivity contribution in [3.05, 3.63) is 23.8 Å². The summed E-state index contributed by atoms with van der Waals surface area (Å²) in [6, 6.07) is 4.92. The molecule has 0 radical (unpaired) electrons. The number of benzene rings is 1. The molecule has 142 valence electrons. The van der Waals surface area contributed by atoms with E-state index in [0.717, 1.165) is 11.3 Å². The summed E-state index contributed by atoms with van der Waals surface area (Å²) in [6.45, 7) is 8.24. The third-order valence-electron chi connectivity index (χ3n) is 4.33. The first-order chi connectivity index (χ1) is 11.1. The zero-order valence-corrected chi connectivity index (χ0v) is 16.8. The number of amides is 1. The largest absolute Gasteiger partial charge is 0.329 e. The number of rotatable bonds is 6. The number of carbonyl (C=O) groups excluding carboxylic acids is 1. The molecular weight excluding hydrogens is 362 g/mol. The Kier molecular flexibility index (Phi) is 7.03. The number of hydrogen-bond donors (Lipinski definition) is 2. The molecule has 0 fully saturated rings. The van der Waals surface area contributed by atoms with Gasteiger partial charge in [0.2, 0.25) is 15.9 Å². The van der Waals surface area contributed by atoms with Gasteiger partial charge in [0.25, 0.3) is 0 Å².